The second kappa shape index (κ2) is 7.53. The summed E-state index contributed by atoms with van der Waals surface area (Å²) >= 11 is 1.93. The third-order valence-electron chi connectivity index (χ3n) is 4.17. The van der Waals surface area contributed by atoms with Crippen LogP contribution in [0, 0.1) is 0 Å². The summed E-state index contributed by atoms with van der Waals surface area (Å²) in [6.07, 6.45) is 8.69. The summed E-state index contributed by atoms with van der Waals surface area (Å²) in [5, 5.41) is 4.97. The summed E-state index contributed by atoms with van der Waals surface area (Å²) in [7, 11) is 1.76. The molecule has 0 bridgehead atoms. The zero-order valence-electron chi connectivity index (χ0n) is 13.1. The van der Waals surface area contributed by atoms with E-state index in [1.54, 1.807) is 7.11 Å². The maximum absolute atomic E-state index is 5.18. The quantitative estimate of drug-likeness (QED) is 0.706. The van der Waals surface area contributed by atoms with Crippen LogP contribution < -0.4 is 5.32 Å². The highest BCUT2D eigenvalue weighted by Crippen LogP contribution is 2.35. The van der Waals surface area contributed by atoms with E-state index in [0.29, 0.717) is 0 Å². The number of nitrogens with one attached hydrogen (secondary N) is 1. The second-order valence-electron chi connectivity index (χ2n) is 5.95. The third kappa shape index (κ3) is 3.80. The first-order valence-corrected chi connectivity index (χ1v) is 8.74. The molecule has 0 saturated carbocycles. The minimum Gasteiger partial charge on any atom is -0.383 e. The number of fused-ring (bicyclic) bond motifs is 1. The van der Waals surface area contributed by atoms with Gasteiger partial charge in [-0.15, -0.1) is 11.3 Å². The molecule has 2 rings (SSSR count). The lowest BCUT2D eigenvalue weighted by molar-refractivity contribution is 0.183. The number of thiazole rings is 1. The van der Waals surface area contributed by atoms with Gasteiger partial charge >= 0.3 is 0 Å². The van der Waals surface area contributed by atoms with Gasteiger partial charge in [0.25, 0.3) is 0 Å². The average Bonchev–Trinajstić information content (AvgIpc) is 3.00. The van der Waals surface area contributed by atoms with Crippen molar-refractivity contribution in [2.45, 2.75) is 64.3 Å². The fraction of sp³-hybridized carbons (Fsp3) is 0.812. The van der Waals surface area contributed by atoms with E-state index in [1.165, 1.54) is 54.1 Å². The fourth-order valence-electron chi connectivity index (χ4n) is 2.85. The van der Waals surface area contributed by atoms with Crippen LogP contribution in [0.1, 0.15) is 61.5 Å². The van der Waals surface area contributed by atoms with E-state index in [2.05, 4.69) is 19.2 Å². The van der Waals surface area contributed by atoms with Crippen LogP contribution in [0.2, 0.25) is 0 Å². The monoisotopic (exact) mass is 296 g/mol. The summed E-state index contributed by atoms with van der Waals surface area (Å²) in [6, 6.07) is 0. The Labute approximate surface area is 127 Å². The molecule has 4 heteroatoms. The van der Waals surface area contributed by atoms with Crippen LogP contribution in [0.3, 0.4) is 0 Å². The maximum Gasteiger partial charge on any atom is 0.113 e. The minimum absolute atomic E-state index is 0.0166. The topological polar surface area (TPSA) is 34.1 Å². The molecule has 1 aromatic rings. The largest absolute Gasteiger partial charge is 0.383 e. The number of rotatable bonds is 9. The Bertz CT molecular complexity index is 385. The lowest BCUT2D eigenvalue weighted by Crippen LogP contribution is -2.41. The molecule has 114 valence electrons. The highest BCUT2D eigenvalue weighted by atomic mass is 32.1. The number of nitrogens with zero attached hydrogens (tertiary/aromatic N) is 1. The van der Waals surface area contributed by atoms with Crippen LogP contribution >= 0.6 is 11.3 Å². The highest BCUT2D eigenvalue weighted by Gasteiger charge is 2.31. The van der Waals surface area contributed by atoms with E-state index in [9.17, 15) is 0 Å². The molecule has 0 spiro atoms. The molecule has 1 aliphatic rings. The number of hydrogen-bond acceptors (Lipinski definition) is 4. The predicted octanol–water partition coefficient (Wildman–Crippen LogP) is 3.66. The molecule has 1 N–H and O–H groups in total. The van der Waals surface area contributed by atoms with Crippen LogP contribution in [0.15, 0.2) is 0 Å². The normalized spacial score (nSPS) is 17.1. The Kier molecular flexibility index (Phi) is 6.00. The van der Waals surface area contributed by atoms with E-state index in [0.717, 1.165) is 19.6 Å². The molecule has 0 amide bonds. The molecule has 0 saturated heterocycles. The van der Waals surface area contributed by atoms with E-state index in [1.807, 2.05) is 11.3 Å². The fourth-order valence-corrected chi connectivity index (χ4v) is 4.16. The van der Waals surface area contributed by atoms with Gasteiger partial charge in [0.05, 0.1) is 17.8 Å². The number of aryl methyl sites for hydroxylation is 2. The van der Waals surface area contributed by atoms with Crippen molar-refractivity contribution in [2.75, 3.05) is 20.3 Å². The number of aromatic nitrogens is 1. The van der Waals surface area contributed by atoms with Gasteiger partial charge in [-0.2, -0.15) is 0 Å². The van der Waals surface area contributed by atoms with E-state index < -0.39 is 0 Å². The molecule has 1 aliphatic carbocycles. The summed E-state index contributed by atoms with van der Waals surface area (Å²) in [5.41, 5.74) is 1.38. The van der Waals surface area contributed by atoms with Crippen LogP contribution in [-0.4, -0.2) is 25.2 Å². The molecule has 0 fully saturated rings. The lowest BCUT2D eigenvalue weighted by atomic mass is 9.95. The van der Waals surface area contributed by atoms with Gasteiger partial charge in [-0.05, 0) is 32.6 Å². The maximum atomic E-state index is 5.18. The molecule has 3 nitrogen and oxygen atoms in total. The van der Waals surface area contributed by atoms with Crippen LogP contribution in [-0.2, 0) is 23.1 Å². The van der Waals surface area contributed by atoms with Crippen LogP contribution in [0.25, 0.3) is 0 Å². The predicted molar refractivity (Wildman–Crippen MR) is 85.5 cm³/mol. The van der Waals surface area contributed by atoms with Crippen molar-refractivity contribution < 1.29 is 4.74 Å². The van der Waals surface area contributed by atoms with Gasteiger partial charge in [0.2, 0.25) is 0 Å². The van der Waals surface area contributed by atoms with Crippen LogP contribution in [0.5, 0.6) is 0 Å². The number of methoxy groups -OCH3 is 1. The SMILES string of the molecule is CCCCCC(C)(NCCOC)c1nc2c(s1)CCC2. The van der Waals surface area contributed by atoms with E-state index >= 15 is 0 Å². The molecule has 1 unspecified atom stereocenters. The van der Waals surface area contributed by atoms with Crippen molar-refractivity contribution in [1.82, 2.24) is 10.3 Å². The van der Waals surface area contributed by atoms with Gasteiger partial charge in [-0.3, -0.25) is 0 Å². The third-order valence-corrected chi connectivity index (χ3v) is 5.59. The van der Waals surface area contributed by atoms with Gasteiger partial charge < -0.3 is 10.1 Å². The Morgan fingerprint density at radius 1 is 1.35 bits per heavy atom. The summed E-state index contributed by atoms with van der Waals surface area (Å²) in [6.45, 7) is 6.22. The number of unbranched alkanes of at least 4 members (excludes halogenated alkanes) is 2. The molecule has 1 aromatic heterocycles. The van der Waals surface area contributed by atoms with Gasteiger partial charge in [0.1, 0.15) is 5.01 Å². The van der Waals surface area contributed by atoms with Crippen LogP contribution in [0.4, 0.5) is 0 Å². The Balaban J connectivity index is 2.06. The van der Waals surface area contributed by atoms with Crippen molar-refractivity contribution in [2.24, 2.45) is 0 Å². The van der Waals surface area contributed by atoms with Crippen molar-refractivity contribution >= 4 is 11.3 Å². The highest BCUT2D eigenvalue weighted by molar-refractivity contribution is 7.12. The van der Waals surface area contributed by atoms with E-state index in [-0.39, 0.29) is 5.54 Å². The first-order chi connectivity index (χ1) is 9.69. The van der Waals surface area contributed by atoms with Crippen molar-refractivity contribution in [1.29, 1.82) is 0 Å². The van der Waals surface area contributed by atoms with Gasteiger partial charge in [-0.25, -0.2) is 4.98 Å². The Morgan fingerprint density at radius 3 is 2.90 bits per heavy atom. The zero-order valence-corrected chi connectivity index (χ0v) is 13.9. The number of ether oxygens (including phenoxy) is 1. The second-order valence-corrected chi connectivity index (χ2v) is 7.03. The van der Waals surface area contributed by atoms with Crippen molar-refractivity contribution in [3.63, 3.8) is 0 Å². The average molecular weight is 296 g/mol. The summed E-state index contributed by atoms with van der Waals surface area (Å²) in [4.78, 5) is 6.46. The number of hydrogen-bond donors (Lipinski definition) is 1. The molecule has 0 aromatic carbocycles. The first-order valence-electron chi connectivity index (χ1n) is 7.92. The minimum atomic E-state index is 0.0166. The van der Waals surface area contributed by atoms with Crippen molar-refractivity contribution in [3.8, 4) is 0 Å². The lowest BCUT2D eigenvalue weighted by Gasteiger charge is -2.29. The first kappa shape index (κ1) is 15.9. The standard InChI is InChI=1S/C16H28N2OS/c1-4-5-6-10-16(2,17-11-12-19-3)15-18-13-8-7-9-14(13)20-15/h17H,4-12H2,1-3H3. The molecule has 20 heavy (non-hydrogen) atoms. The smallest absolute Gasteiger partial charge is 0.113 e. The molecule has 1 heterocycles. The molecule has 1 atom stereocenters. The zero-order chi connectivity index (χ0) is 14.4. The molecule has 0 radical (unpaired) electrons. The summed E-state index contributed by atoms with van der Waals surface area (Å²) < 4.78 is 5.18. The Morgan fingerprint density at radius 2 is 2.20 bits per heavy atom. The van der Waals surface area contributed by atoms with Gasteiger partial charge in [0, 0.05) is 18.5 Å². The molecule has 0 aliphatic heterocycles. The summed E-state index contributed by atoms with van der Waals surface area (Å²) in [5.74, 6) is 0. The molecular formula is C16H28N2OS. The van der Waals surface area contributed by atoms with Crippen molar-refractivity contribution in [3.05, 3.63) is 15.6 Å². The van der Waals surface area contributed by atoms with Gasteiger partial charge in [-0.1, -0.05) is 26.2 Å². The van der Waals surface area contributed by atoms with E-state index in [4.69, 9.17) is 9.72 Å². The Hall–Kier alpha value is -0.450. The molecular weight excluding hydrogens is 268 g/mol. The van der Waals surface area contributed by atoms with Gasteiger partial charge in [0.15, 0.2) is 0 Å².